The van der Waals surface area contributed by atoms with Crippen molar-refractivity contribution in [1.29, 1.82) is 0 Å². The van der Waals surface area contributed by atoms with Crippen molar-refractivity contribution >= 4 is 11.9 Å². The van der Waals surface area contributed by atoms with E-state index in [1.165, 1.54) is 5.56 Å². The van der Waals surface area contributed by atoms with Crippen molar-refractivity contribution in [2.75, 3.05) is 34.5 Å². The fraction of sp³-hybridized carbons (Fsp3) is 0.348. The van der Waals surface area contributed by atoms with Crippen LogP contribution in [0.1, 0.15) is 29.2 Å². The van der Waals surface area contributed by atoms with Crippen LogP contribution in [0.3, 0.4) is 0 Å². The third-order valence-corrected chi connectivity index (χ3v) is 5.74. The molecule has 0 aromatic heterocycles. The minimum atomic E-state index is 0.00104. The van der Waals surface area contributed by atoms with E-state index in [9.17, 15) is 4.79 Å². The molecular formula is C23H26NO4+. The van der Waals surface area contributed by atoms with E-state index < -0.39 is 0 Å². The summed E-state index contributed by atoms with van der Waals surface area (Å²) >= 11 is 0. The maximum Gasteiger partial charge on any atom is 0.231 e. The first kappa shape index (κ1) is 18.6. The number of hydrogen-bond donors (Lipinski definition) is 0. The zero-order valence-electron chi connectivity index (χ0n) is 16.6. The summed E-state index contributed by atoms with van der Waals surface area (Å²) < 4.78 is 17.7. The van der Waals surface area contributed by atoms with Crippen molar-refractivity contribution in [1.82, 2.24) is 0 Å². The molecule has 0 N–H and O–H groups in total. The molecule has 2 heterocycles. The first-order valence-electron chi connectivity index (χ1n) is 9.57. The normalized spacial score (nSPS) is 19.5. The number of likely N-dealkylation sites (N-methyl/N-ethyl adjacent to an activating group) is 1. The van der Waals surface area contributed by atoms with Crippen LogP contribution in [0.2, 0.25) is 0 Å². The fourth-order valence-corrected chi connectivity index (χ4v) is 4.13. The second kappa shape index (κ2) is 7.32. The number of quaternary nitrogens is 1. The average Bonchev–Trinajstić information content (AvgIpc) is 3.16. The zero-order valence-corrected chi connectivity index (χ0v) is 16.6. The molecule has 5 heteroatoms. The molecule has 0 aliphatic carbocycles. The Balaban J connectivity index is 1.67. The Morgan fingerprint density at radius 3 is 2.79 bits per heavy atom. The summed E-state index contributed by atoms with van der Waals surface area (Å²) in [4.78, 5) is 12.8. The molecule has 4 rings (SSSR count). The van der Waals surface area contributed by atoms with Gasteiger partial charge in [-0.3, -0.25) is 4.79 Å². The van der Waals surface area contributed by atoms with Gasteiger partial charge in [-0.05, 0) is 23.3 Å². The zero-order chi connectivity index (χ0) is 19.7. The van der Waals surface area contributed by atoms with Crippen molar-refractivity contribution in [2.45, 2.75) is 18.9 Å². The Kier molecular flexibility index (Phi) is 4.85. The molecule has 1 unspecified atom stereocenters. The van der Waals surface area contributed by atoms with Gasteiger partial charge < -0.3 is 18.7 Å². The highest BCUT2D eigenvalue weighted by Gasteiger charge is 2.41. The summed E-state index contributed by atoms with van der Waals surface area (Å²) in [6, 6.07) is 11.9. The number of methoxy groups -OCH3 is 1. The molecular weight excluding hydrogens is 354 g/mol. The van der Waals surface area contributed by atoms with Crippen molar-refractivity contribution in [2.24, 2.45) is 0 Å². The van der Waals surface area contributed by atoms with Crippen LogP contribution in [0, 0.1) is 0 Å². The summed E-state index contributed by atoms with van der Waals surface area (Å²) in [7, 11) is 6.00. The van der Waals surface area contributed by atoms with Gasteiger partial charge in [0.05, 0.1) is 39.7 Å². The lowest BCUT2D eigenvalue weighted by molar-refractivity contribution is -0.922. The molecule has 2 aliphatic heterocycles. The number of carbonyl (C=O) groups excluding carboxylic acids is 1. The van der Waals surface area contributed by atoms with Gasteiger partial charge in [0.2, 0.25) is 12.5 Å². The van der Waals surface area contributed by atoms with Crippen LogP contribution in [0.5, 0.6) is 17.2 Å². The number of ketones is 1. The molecule has 2 aromatic rings. The number of rotatable bonds is 5. The number of carbonyl (C=O) groups is 1. The van der Waals surface area contributed by atoms with Crippen LogP contribution >= 0.6 is 0 Å². The van der Waals surface area contributed by atoms with Crippen LogP contribution in [-0.4, -0.2) is 44.8 Å². The van der Waals surface area contributed by atoms with E-state index in [-0.39, 0.29) is 18.6 Å². The Morgan fingerprint density at radius 2 is 2.04 bits per heavy atom. The maximum atomic E-state index is 12.8. The minimum Gasteiger partial charge on any atom is -0.492 e. The summed E-state index contributed by atoms with van der Waals surface area (Å²) in [6.07, 6.45) is 4.89. The second-order valence-electron chi connectivity index (χ2n) is 7.90. The first-order chi connectivity index (χ1) is 13.5. The van der Waals surface area contributed by atoms with Crippen molar-refractivity contribution < 1.29 is 23.5 Å². The van der Waals surface area contributed by atoms with Crippen LogP contribution in [0.25, 0.3) is 6.08 Å². The third-order valence-electron chi connectivity index (χ3n) is 5.74. The third kappa shape index (κ3) is 3.38. The number of hydrogen-bond acceptors (Lipinski definition) is 4. The van der Waals surface area contributed by atoms with Crippen molar-refractivity contribution in [3.63, 3.8) is 0 Å². The molecule has 0 radical (unpaired) electrons. The van der Waals surface area contributed by atoms with E-state index >= 15 is 0 Å². The molecule has 0 amide bonds. The highest BCUT2D eigenvalue weighted by atomic mass is 16.7. The molecule has 146 valence electrons. The van der Waals surface area contributed by atoms with Crippen molar-refractivity contribution in [3.05, 3.63) is 59.2 Å². The lowest BCUT2D eigenvalue weighted by Crippen LogP contribution is -2.48. The molecule has 2 aliphatic rings. The Labute approximate surface area is 165 Å². The Hall–Kier alpha value is -2.79. The quantitative estimate of drug-likeness (QED) is 0.585. The minimum absolute atomic E-state index is 0.00104. The van der Waals surface area contributed by atoms with E-state index in [0.717, 1.165) is 34.3 Å². The number of allylic oxidation sites excluding steroid dienone is 1. The summed E-state index contributed by atoms with van der Waals surface area (Å²) in [5.41, 5.74) is 3.28. The van der Waals surface area contributed by atoms with Crippen LogP contribution in [0.4, 0.5) is 0 Å². The molecule has 0 saturated carbocycles. The van der Waals surface area contributed by atoms with Gasteiger partial charge in [0.15, 0.2) is 17.3 Å². The van der Waals surface area contributed by atoms with Gasteiger partial charge in [0, 0.05) is 6.42 Å². The van der Waals surface area contributed by atoms with E-state index in [1.807, 2.05) is 36.4 Å². The molecule has 0 saturated heterocycles. The molecule has 0 fully saturated rings. The van der Waals surface area contributed by atoms with Gasteiger partial charge >= 0.3 is 0 Å². The van der Waals surface area contributed by atoms with Crippen molar-refractivity contribution in [3.8, 4) is 17.2 Å². The van der Waals surface area contributed by atoms with E-state index in [1.54, 1.807) is 13.2 Å². The lowest BCUT2D eigenvalue weighted by Gasteiger charge is -2.43. The smallest absolute Gasteiger partial charge is 0.231 e. The summed E-state index contributed by atoms with van der Waals surface area (Å²) in [5.74, 6) is 2.20. The Bertz CT molecular complexity index is 918. The average molecular weight is 380 g/mol. The van der Waals surface area contributed by atoms with Gasteiger partial charge in [0.25, 0.3) is 0 Å². The molecule has 0 bridgehead atoms. The number of ether oxygens (including phenoxy) is 3. The predicted molar refractivity (Wildman–Crippen MR) is 108 cm³/mol. The van der Waals surface area contributed by atoms with E-state index in [2.05, 4.69) is 20.2 Å². The summed E-state index contributed by atoms with van der Waals surface area (Å²) in [5, 5.41) is 0. The van der Waals surface area contributed by atoms with Crippen LogP contribution in [0.15, 0.2) is 42.5 Å². The lowest BCUT2D eigenvalue weighted by atomic mass is 9.86. The molecule has 28 heavy (non-hydrogen) atoms. The van der Waals surface area contributed by atoms with Crippen LogP contribution in [-0.2, 0) is 11.2 Å². The largest absolute Gasteiger partial charge is 0.492 e. The van der Waals surface area contributed by atoms with Gasteiger partial charge in [0.1, 0.15) is 6.04 Å². The molecule has 5 nitrogen and oxygen atoms in total. The number of fused-ring (bicyclic) bond motifs is 2. The van der Waals surface area contributed by atoms with Crippen LogP contribution < -0.4 is 14.2 Å². The standard InChI is InChI=1S/C23H26NO4/c1-24(2)12-11-17-13-20-22(28-15-27-20)23(26-3)21(17)19(24)14-18(25)10-9-16-7-5-4-6-8-16/h4-10,13,19H,11-12,14-15H2,1-3H3/q+1/b10-9+. The highest BCUT2D eigenvalue weighted by molar-refractivity contribution is 5.94. The highest BCUT2D eigenvalue weighted by Crippen LogP contribution is 2.51. The second-order valence-corrected chi connectivity index (χ2v) is 7.90. The SMILES string of the molecule is COc1c2c(cc3c1C(CC(=O)/C=C/c1ccccc1)[N+](C)(C)CC3)OCO2. The monoisotopic (exact) mass is 380 g/mol. The Morgan fingerprint density at radius 1 is 1.25 bits per heavy atom. The fourth-order valence-electron chi connectivity index (χ4n) is 4.13. The topological polar surface area (TPSA) is 44.8 Å². The number of nitrogens with zero attached hydrogens (tertiary/aromatic N) is 1. The number of benzene rings is 2. The van der Waals surface area contributed by atoms with Gasteiger partial charge in [-0.15, -0.1) is 0 Å². The first-order valence-corrected chi connectivity index (χ1v) is 9.57. The molecule has 1 atom stereocenters. The van der Waals surface area contributed by atoms with Gasteiger partial charge in [-0.1, -0.05) is 36.4 Å². The summed E-state index contributed by atoms with van der Waals surface area (Å²) in [6.45, 7) is 1.16. The van der Waals surface area contributed by atoms with E-state index in [4.69, 9.17) is 14.2 Å². The van der Waals surface area contributed by atoms with E-state index in [0.29, 0.717) is 17.9 Å². The van der Waals surface area contributed by atoms with Gasteiger partial charge in [-0.2, -0.15) is 0 Å². The van der Waals surface area contributed by atoms with Gasteiger partial charge in [-0.25, -0.2) is 0 Å². The predicted octanol–water partition coefficient (Wildman–Crippen LogP) is 3.77. The molecule has 2 aromatic carbocycles. The molecule has 0 spiro atoms. The maximum absolute atomic E-state index is 12.8.